The molecule has 0 N–H and O–H groups in total. The van der Waals surface area contributed by atoms with Gasteiger partial charge in [0.1, 0.15) is 17.1 Å². The van der Waals surface area contributed by atoms with Crippen LogP contribution in [0.2, 0.25) is 0 Å². The third-order valence-electron chi connectivity index (χ3n) is 4.01. The van der Waals surface area contributed by atoms with E-state index in [1.807, 2.05) is 0 Å². The number of hydrogen-bond acceptors (Lipinski definition) is 4. The van der Waals surface area contributed by atoms with Gasteiger partial charge in [-0.2, -0.15) is 13.2 Å². The molecule has 0 aliphatic heterocycles. The zero-order chi connectivity index (χ0) is 19.1. The van der Waals surface area contributed by atoms with E-state index in [-0.39, 0.29) is 11.0 Å². The number of nitrogens with zero attached hydrogens (tertiary/aromatic N) is 3. The number of benzene rings is 2. The minimum absolute atomic E-state index is 0.0660. The highest BCUT2D eigenvalue weighted by molar-refractivity contribution is 5.89. The molecule has 0 unspecified atom stereocenters. The van der Waals surface area contributed by atoms with E-state index in [1.54, 1.807) is 31.2 Å². The van der Waals surface area contributed by atoms with Gasteiger partial charge in [-0.05, 0) is 37.3 Å². The predicted molar refractivity (Wildman–Crippen MR) is 89.1 cm³/mol. The summed E-state index contributed by atoms with van der Waals surface area (Å²) in [5.41, 5.74) is -1.11. The van der Waals surface area contributed by atoms with Crippen molar-refractivity contribution < 1.29 is 22.8 Å². The number of non-ortho nitro benzene ring substituents is 1. The Morgan fingerprint density at radius 2 is 1.88 bits per heavy atom. The molecule has 3 aromatic rings. The number of nitro benzene ring substituents is 1. The van der Waals surface area contributed by atoms with Gasteiger partial charge >= 0.3 is 6.18 Å². The summed E-state index contributed by atoms with van der Waals surface area (Å²) in [4.78, 5) is 14.8. The Morgan fingerprint density at radius 3 is 2.38 bits per heavy atom. The van der Waals surface area contributed by atoms with E-state index in [9.17, 15) is 23.3 Å². The summed E-state index contributed by atoms with van der Waals surface area (Å²) in [6.07, 6.45) is -4.70. The van der Waals surface area contributed by atoms with E-state index in [4.69, 9.17) is 4.74 Å². The Hall–Kier alpha value is -3.10. The van der Waals surface area contributed by atoms with Crippen LogP contribution < -0.4 is 4.74 Å². The van der Waals surface area contributed by atoms with Crippen LogP contribution in [0.5, 0.6) is 5.75 Å². The summed E-state index contributed by atoms with van der Waals surface area (Å²) in [5.74, 6) is 0.964. The van der Waals surface area contributed by atoms with Crippen molar-refractivity contribution in [2.24, 2.45) is 0 Å². The first-order chi connectivity index (χ1) is 12.3. The third kappa shape index (κ3) is 2.96. The van der Waals surface area contributed by atoms with Gasteiger partial charge in [-0.15, -0.1) is 0 Å². The molecule has 0 aliphatic carbocycles. The lowest BCUT2D eigenvalue weighted by Crippen LogP contribution is -2.07. The fourth-order valence-corrected chi connectivity index (χ4v) is 2.82. The van der Waals surface area contributed by atoms with Crippen molar-refractivity contribution in [2.45, 2.75) is 19.6 Å². The Kier molecular flexibility index (Phi) is 4.31. The highest BCUT2D eigenvalue weighted by Gasteiger charge is 2.34. The Morgan fingerprint density at radius 1 is 1.23 bits per heavy atom. The van der Waals surface area contributed by atoms with Crippen molar-refractivity contribution >= 4 is 16.7 Å². The molecule has 6 nitrogen and oxygen atoms in total. The highest BCUT2D eigenvalue weighted by Crippen LogP contribution is 2.38. The van der Waals surface area contributed by atoms with Crippen LogP contribution >= 0.6 is 0 Å². The number of ether oxygens (including phenoxy) is 1. The molecule has 0 aliphatic rings. The number of methoxy groups -OCH3 is 1. The summed E-state index contributed by atoms with van der Waals surface area (Å²) in [6, 6.07) is 8.15. The van der Waals surface area contributed by atoms with Crippen molar-refractivity contribution in [3.63, 3.8) is 0 Å². The van der Waals surface area contributed by atoms with Crippen molar-refractivity contribution in [3.8, 4) is 17.1 Å². The highest BCUT2D eigenvalue weighted by atomic mass is 19.4. The van der Waals surface area contributed by atoms with Crippen LogP contribution in [-0.4, -0.2) is 21.6 Å². The molecule has 0 saturated carbocycles. The largest absolute Gasteiger partial charge is 0.497 e. The third-order valence-corrected chi connectivity index (χ3v) is 4.01. The summed E-state index contributed by atoms with van der Waals surface area (Å²) < 4.78 is 45.9. The Labute approximate surface area is 146 Å². The maximum absolute atomic E-state index is 13.1. The van der Waals surface area contributed by atoms with E-state index in [0.717, 1.165) is 6.07 Å². The first-order valence-electron chi connectivity index (χ1n) is 7.66. The van der Waals surface area contributed by atoms with E-state index >= 15 is 0 Å². The number of nitro groups is 1. The molecule has 2 aromatic carbocycles. The first-order valence-corrected chi connectivity index (χ1v) is 7.66. The van der Waals surface area contributed by atoms with Crippen LogP contribution in [0, 0.1) is 10.1 Å². The molecule has 0 radical (unpaired) electrons. The van der Waals surface area contributed by atoms with Gasteiger partial charge in [0.2, 0.25) is 0 Å². The zero-order valence-corrected chi connectivity index (χ0v) is 13.9. The number of rotatable bonds is 4. The molecule has 0 atom stereocenters. The second-order valence-corrected chi connectivity index (χ2v) is 5.53. The summed E-state index contributed by atoms with van der Waals surface area (Å²) in [6.45, 7) is 2.06. The normalized spacial score (nSPS) is 11.7. The van der Waals surface area contributed by atoms with E-state index in [2.05, 4.69) is 4.98 Å². The van der Waals surface area contributed by atoms with Gasteiger partial charge in [-0.1, -0.05) is 0 Å². The smallest absolute Gasteiger partial charge is 0.416 e. The zero-order valence-electron chi connectivity index (χ0n) is 13.9. The van der Waals surface area contributed by atoms with E-state index in [1.165, 1.54) is 11.7 Å². The van der Waals surface area contributed by atoms with Crippen molar-refractivity contribution in [1.29, 1.82) is 0 Å². The van der Waals surface area contributed by atoms with Gasteiger partial charge in [-0.3, -0.25) is 10.1 Å². The minimum Gasteiger partial charge on any atom is -0.497 e. The van der Waals surface area contributed by atoms with Gasteiger partial charge in [0.15, 0.2) is 0 Å². The molecule has 3 rings (SSSR count). The quantitative estimate of drug-likeness (QED) is 0.498. The van der Waals surface area contributed by atoms with Crippen LogP contribution in [0.25, 0.3) is 22.4 Å². The number of hydrogen-bond donors (Lipinski definition) is 0. The van der Waals surface area contributed by atoms with Gasteiger partial charge in [0.05, 0.1) is 23.1 Å². The molecule has 0 amide bonds. The lowest BCUT2D eigenvalue weighted by molar-refractivity contribution is -0.383. The average Bonchev–Trinajstić information content (AvgIpc) is 2.98. The number of alkyl halides is 3. The maximum Gasteiger partial charge on any atom is 0.416 e. The molecule has 0 spiro atoms. The fraction of sp³-hybridized carbons (Fsp3) is 0.235. The predicted octanol–water partition coefficient (Wildman–Crippen LogP) is 4.66. The minimum atomic E-state index is -4.70. The second-order valence-electron chi connectivity index (χ2n) is 5.53. The lowest BCUT2D eigenvalue weighted by Gasteiger charge is -2.09. The van der Waals surface area contributed by atoms with Crippen molar-refractivity contribution in [3.05, 3.63) is 52.1 Å². The van der Waals surface area contributed by atoms with Crippen LogP contribution in [-0.2, 0) is 12.7 Å². The first kappa shape index (κ1) is 17.7. The number of halogens is 3. The second kappa shape index (κ2) is 6.32. The molecule has 0 bridgehead atoms. The van der Waals surface area contributed by atoms with E-state index in [0.29, 0.717) is 29.7 Å². The number of fused-ring (bicyclic) bond motifs is 1. The lowest BCUT2D eigenvalue weighted by atomic mass is 10.1. The van der Waals surface area contributed by atoms with Crippen LogP contribution in [0.4, 0.5) is 18.9 Å². The van der Waals surface area contributed by atoms with Crippen molar-refractivity contribution in [1.82, 2.24) is 9.55 Å². The van der Waals surface area contributed by atoms with Crippen molar-refractivity contribution in [2.75, 3.05) is 7.11 Å². The molecule has 0 saturated heterocycles. The number of aryl methyl sites for hydroxylation is 1. The molecule has 9 heteroatoms. The summed E-state index contributed by atoms with van der Waals surface area (Å²) in [7, 11) is 1.51. The Bertz CT molecular complexity index is 979. The fourth-order valence-electron chi connectivity index (χ4n) is 2.82. The number of aromatic nitrogens is 2. The molecule has 1 aromatic heterocycles. The molecule has 26 heavy (non-hydrogen) atoms. The van der Waals surface area contributed by atoms with Crippen LogP contribution in [0.1, 0.15) is 12.5 Å². The maximum atomic E-state index is 13.1. The molecule has 0 fully saturated rings. The number of imidazole rings is 1. The summed E-state index contributed by atoms with van der Waals surface area (Å²) in [5, 5.41) is 11.4. The molecular weight excluding hydrogens is 351 g/mol. The Balaban J connectivity index is 2.31. The molecule has 1 heterocycles. The monoisotopic (exact) mass is 365 g/mol. The molecular formula is C17H14F3N3O3. The van der Waals surface area contributed by atoms with Gasteiger partial charge in [0, 0.05) is 18.2 Å². The van der Waals surface area contributed by atoms with Crippen LogP contribution in [0.15, 0.2) is 36.4 Å². The summed E-state index contributed by atoms with van der Waals surface area (Å²) >= 11 is 0. The van der Waals surface area contributed by atoms with Gasteiger partial charge < -0.3 is 9.30 Å². The average molecular weight is 365 g/mol. The molecule has 136 valence electrons. The van der Waals surface area contributed by atoms with E-state index < -0.39 is 22.4 Å². The standard InChI is InChI=1S/C17H14F3N3O3/c1-3-22-15-13(8-11(17(18,19)20)9-14(15)23(24)25)21-16(22)10-4-6-12(26-2)7-5-10/h4-9H,3H2,1-2H3. The van der Waals surface area contributed by atoms with Crippen LogP contribution in [0.3, 0.4) is 0 Å². The van der Waals surface area contributed by atoms with Gasteiger partial charge in [0.25, 0.3) is 5.69 Å². The topological polar surface area (TPSA) is 70.2 Å². The van der Waals surface area contributed by atoms with Gasteiger partial charge in [-0.25, -0.2) is 4.98 Å². The SMILES string of the molecule is CCn1c(-c2ccc(OC)cc2)nc2cc(C(F)(F)F)cc([N+](=O)[O-])c21.